The number of rotatable bonds is 6. The molecule has 0 unspecified atom stereocenters. The van der Waals surface area contributed by atoms with Crippen molar-refractivity contribution in [2.75, 3.05) is 36.4 Å². The van der Waals surface area contributed by atoms with Crippen LogP contribution in [0.2, 0.25) is 5.02 Å². The lowest BCUT2D eigenvalue weighted by Gasteiger charge is -2.39. The minimum absolute atomic E-state index is 0.00195. The summed E-state index contributed by atoms with van der Waals surface area (Å²) in [5.41, 5.74) is 2.28. The van der Waals surface area contributed by atoms with E-state index in [1.54, 1.807) is 41.6 Å². The highest BCUT2D eigenvalue weighted by molar-refractivity contribution is 6.30. The maximum atomic E-state index is 12.7. The molecule has 0 spiro atoms. The summed E-state index contributed by atoms with van der Waals surface area (Å²) in [6, 6.07) is 16.2. The fourth-order valence-electron chi connectivity index (χ4n) is 4.19. The van der Waals surface area contributed by atoms with Crippen molar-refractivity contribution in [2.24, 2.45) is 5.92 Å². The van der Waals surface area contributed by atoms with Gasteiger partial charge in [0.25, 0.3) is 5.91 Å². The van der Waals surface area contributed by atoms with Crippen LogP contribution in [0, 0.1) is 5.92 Å². The second-order valence-corrected chi connectivity index (χ2v) is 8.94. The van der Waals surface area contributed by atoms with E-state index in [-0.39, 0.29) is 23.8 Å². The van der Waals surface area contributed by atoms with Gasteiger partial charge >= 0.3 is 0 Å². The molecule has 2 amide bonds. The minimum Gasteiger partial charge on any atom is -0.489 e. The van der Waals surface area contributed by atoms with E-state index in [4.69, 9.17) is 16.3 Å². The maximum absolute atomic E-state index is 12.7. The summed E-state index contributed by atoms with van der Waals surface area (Å²) in [4.78, 5) is 29.1. The molecule has 2 aromatic carbocycles. The monoisotopic (exact) mass is 477 g/mol. The van der Waals surface area contributed by atoms with Gasteiger partial charge in [0.15, 0.2) is 0 Å². The highest BCUT2D eigenvalue weighted by Gasteiger charge is 2.33. The molecule has 1 atom stereocenters. The summed E-state index contributed by atoms with van der Waals surface area (Å²) >= 11 is 6.01. The highest BCUT2D eigenvalue weighted by atomic mass is 35.5. The van der Waals surface area contributed by atoms with E-state index in [1.807, 2.05) is 30.3 Å². The number of aromatic nitrogens is 2. The first-order valence-electron chi connectivity index (χ1n) is 11.2. The van der Waals surface area contributed by atoms with Gasteiger partial charge in [-0.15, -0.1) is 0 Å². The average Bonchev–Trinajstić information content (AvgIpc) is 3.28. The van der Waals surface area contributed by atoms with Crippen LogP contribution in [-0.2, 0) is 4.79 Å². The molecule has 3 aromatic rings. The SMILES string of the molecule is O=C(Nc1ccc(O[C@@H]2CCN(C(=O)c3cccc(Cl)c3)C2)cc1)C1CN(c2ccnnc2)C1. The van der Waals surface area contributed by atoms with E-state index in [0.29, 0.717) is 42.5 Å². The average molecular weight is 478 g/mol. The molecule has 2 aliphatic heterocycles. The number of nitrogens with zero attached hydrogens (tertiary/aromatic N) is 4. The first-order valence-corrected chi connectivity index (χ1v) is 11.6. The number of ether oxygens (including phenoxy) is 1. The van der Waals surface area contributed by atoms with Gasteiger partial charge < -0.3 is 19.9 Å². The number of amides is 2. The molecule has 3 heterocycles. The molecule has 0 saturated carbocycles. The number of carbonyl (C=O) groups excluding carboxylic acids is 2. The Morgan fingerprint density at radius 2 is 1.85 bits per heavy atom. The Hall–Kier alpha value is -3.65. The molecule has 2 saturated heterocycles. The van der Waals surface area contributed by atoms with Crippen LogP contribution in [-0.4, -0.2) is 59.2 Å². The molecule has 1 N–H and O–H groups in total. The molecule has 174 valence electrons. The van der Waals surface area contributed by atoms with Crippen LogP contribution in [0.3, 0.4) is 0 Å². The van der Waals surface area contributed by atoms with Gasteiger partial charge in [0.2, 0.25) is 5.91 Å². The van der Waals surface area contributed by atoms with Crippen LogP contribution in [0.1, 0.15) is 16.8 Å². The third-order valence-electron chi connectivity index (χ3n) is 6.11. The normalized spacial score (nSPS) is 17.9. The Morgan fingerprint density at radius 1 is 1.03 bits per heavy atom. The van der Waals surface area contributed by atoms with Crippen molar-refractivity contribution in [2.45, 2.75) is 12.5 Å². The Kier molecular flexibility index (Phi) is 6.31. The van der Waals surface area contributed by atoms with Crippen LogP contribution in [0.15, 0.2) is 67.0 Å². The molecule has 2 aliphatic rings. The van der Waals surface area contributed by atoms with E-state index in [2.05, 4.69) is 20.4 Å². The maximum Gasteiger partial charge on any atom is 0.254 e. The van der Waals surface area contributed by atoms with Gasteiger partial charge in [0.1, 0.15) is 11.9 Å². The van der Waals surface area contributed by atoms with Crippen molar-refractivity contribution in [3.63, 3.8) is 0 Å². The molecule has 0 bridgehead atoms. The molecule has 8 nitrogen and oxygen atoms in total. The Bertz CT molecular complexity index is 1170. The molecule has 5 rings (SSSR count). The molecule has 9 heteroatoms. The zero-order chi connectivity index (χ0) is 23.5. The molecule has 2 fully saturated rings. The first kappa shape index (κ1) is 22.2. The Labute approximate surface area is 202 Å². The number of nitrogens with one attached hydrogen (secondary N) is 1. The lowest BCUT2D eigenvalue weighted by atomic mass is 9.98. The van der Waals surface area contributed by atoms with Crippen LogP contribution in [0.5, 0.6) is 5.75 Å². The summed E-state index contributed by atoms with van der Waals surface area (Å²) in [6.45, 7) is 2.47. The number of likely N-dealkylation sites (tertiary alicyclic amines) is 1. The quantitative estimate of drug-likeness (QED) is 0.584. The lowest BCUT2D eigenvalue weighted by molar-refractivity contribution is -0.120. The number of anilines is 2. The third kappa shape index (κ3) is 4.97. The van der Waals surface area contributed by atoms with Crippen molar-refractivity contribution in [1.82, 2.24) is 15.1 Å². The Morgan fingerprint density at radius 3 is 2.59 bits per heavy atom. The molecular formula is C25H24ClN5O3. The van der Waals surface area contributed by atoms with E-state index in [0.717, 1.165) is 17.8 Å². The summed E-state index contributed by atoms with van der Waals surface area (Å²) in [7, 11) is 0. The smallest absolute Gasteiger partial charge is 0.254 e. The van der Waals surface area contributed by atoms with Gasteiger partial charge in [0.05, 0.1) is 30.5 Å². The van der Waals surface area contributed by atoms with Crippen LogP contribution >= 0.6 is 11.6 Å². The zero-order valence-corrected chi connectivity index (χ0v) is 19.2. The lowest BCUT2D eigenvalue weighted by Crippen LogP contribution is -2.52. The predicted octanol–water partition coefficient (Wildman–Crippen LogP) is 3.50. The number of hydrogen-bond donors (Lipinski definition) is 1. The van der Waals surface area contributed by atoms with Crippen LogP contribution in [0.25, 0.3) is 0 Å². The molecule has 0 aliphatic carbocycles. The van der Waals surface area contributed by atoms with Crippen molar-refractivity contribution >= 4 is 34.8 Å². The summed E-state index contributed by atoms with van der Waals surface area (Å²) < 4.78 is 6.07. The van der Waals surface area contributed by atoms with Gasteiger partial charge in [-0.2, -0.15) is 10.2 Å². The largest absolute Gasteiger partial charge is 0.489 e. The van der Waals surface area contributed by atoms with Crippen molar-refractivity contribution in [1.29, 1.82) is 0 Å². The summed E-state index contributed by atoms with van der Waals surface area (Å²) in [5.74, 6) is 0.602. The fourth-order valence-corrected chi connectivity index (χ4v) is 4.38. The minimum atomic E-state index is -0.0767. The standard InChI is InChI=1S/C25H24ClN5O3/c26-19-3-1-2-17(12-19)25(33)30-11-9-23(16-30)34-22-6-4-20(5-7-22)29-24(32)18-14-31(15-18)21-8-10-27-28-13-21/h1-8,10,12-13,18,23H,9,11,14-16H2,(H,29,32)/t23-/m1/s1. The second-order valence-electron chi connectivity index (χ2n) is 8.51. The van der Waals surface area contributed by atoms with E-state index >= 15 is 0 Å². The summed E-state index contributed by atoms with van der Waals surface area (Å²) in [6.07, 6.45) is 4.03. The molecule has 1 aromatic heterocycles. The van der Waals surface area contributed by atoms with Crippen LogP contribution < -0.4 is 15.0 Å². The topological polar surface area (TPSA) is 87.7 Å². The van der Waals surface area contributed by atoms with E-state index in [1.165, 1.54) is 0 Å². The van der Waals surface area contributed by atoms with Crippen LogP contribution in [0.4, 0.5) is 11.4 Å². The third-order valence-corrected chi connectivity index (χ3v) is 6.35. The number of hydrogen-bond acceptors (Lipinski definition) is 6. The molecule has 34 heavy (non-hydrogen) atoms. The van der Waals surface area contributed by atoms with Gasteiger partial charge in [-0.1, -0.05) is 17.7 Å². The highest BCUT2D eigenvalue weighted by Crippen LogP contribution is 2.26. The van der Waals surface area contributed by atoms with E-state index < -0.39 is 0 Å². The first-order chi connectivity index (χ1) is 16.5. The zero-order valence-electron chi connectivity index (χ0n) is 18.4. The number of benzene rings is 2. The Balaban J connectivity index is 1.09. The number of carbonyl (C=O) groups is 2. The van der Waals surface area contributed by atoms with Crippen molar-refractivity contribution < 1.29 is 14.3 Å². The fraction of sp³-hybridized carbons (Fsp3) is 0.280. The molecule has 0 radical (unpaired) electrons. The second kappa shape index (κ2) is 9.69. The van der Waals surface area contributed by atoms with Gasteiger partial charge in [-0.25, -0.2) is 0 Å². The molecular weight excluding hydrogens is 454 g/mol. The number of halogens is 1. The van der Waals surface area contributed by atoms with Crippen molar-refractivity contribution in [3.8, 4) is 5.75 Å². The van der Waals surface area contributed by atoms with Crippen molar-refractivity contribution in [3.05, 3.63) is 77.6 Å². The van der Waals surface area contributed by atoms with Gasteiger partial charge in [0, 0.05) is 42.3 Å². The summed E-state index contributed by atoms with van der Waals surface area (Å²) in [5, 5.41) is 11.2. The van der Waals surface area contributed by atoms with Gasteiger partial charge in [-0.3, -0.25) is 9.59 Å². The van der Waals surface area contributed by atoms with Gasteiger partial charge in [-0.05, 0) is 48.5 Å². The predicted molar refractivity (Wildman–Crippen MR) is 129 cm³/mol. The van der Waals surface area contributed by atoms with E-state index in [9.17, 15) is 9.59 Å².